The minimum absolute atomic E-state index is 0.105. The second-order valence-electron chi connectivity index (χ2n) is 6.23. The van der Waals surface area contributed by atoms with Gasteiger partial charge in [-0.2, -0.15) is 5.26 Å². The lowest BCUT2D eigenvalue weighted by molar-refractivity contribution is -0.129. The number of likely N-dealkylation sites (tertiary alicyclic amines) is 1. The van der Waals surface area contributed by atoms with Crippen LogP contribution in [-0.4, -0.2) is 39.3 Å². The summed E-state index contributed by atoms with van der Waals surface area (Å²) in [6.07, 6.45) is 2.22. The van der Waals surface area contributed by atoms with Crippen LogP contribution in [0.15, 0.2) is 42.6 Å². The van der Waals surface area contributed by atoms with Gasteiger partial charge in [0.1, 0.15) is 16.4 Å². The summed E-state index contributed by atoms with van der Waals surface area (Å²) in [6.45, 7) is 1.03. The van der Waals surface area contributed by atoms with Gasteiger partial charge >= 0.3 is 0 Å². The van der Waals surface area contributed by atoms with Crippen LogP contribution in [0.4, 0.5) is 0 Å². The molecule has 27 heavy (non-hydrogen) atoms. The van der Waals surface area contributed by atoms with Crippen LogP contribution in [0.5, 0.6) is 0 Å². The van der Waals surface area contributed by atoms with Gasteiger partial charge in [-0.25, -0.2) is 9.97 Å². The largest absolute Gasteiger partial charge is 0.338 e. The van der Waals surface area contributed by atoms with Gasteiger partial charge in [-0.1, -0.05) is 23.5 Å². The van der Waals surface area contributed by atoms with E-state index in [2.05, 4.69) is 21.4 Å². The second kappa shape index (κ2) is 7.13. The number of hydrogen-bond acceptors (Lipinski definition) is 6. The number of nitriles is 1. The summed E-state index contributed by atoms with van der Waals surface area (Å²) in [5.41, 5.74) is 2.21. The second-order valence-corrected chi connectivity index (χ2v) is 7.21. The van der Waals surface area contributed by atoms with Crippen molar-refractivity contribution in [3.63, 3.8) is 0 Å². The van der Waals surface area contributed by atoms with Gasteiger partial charge in [0.2, 0.25) is 5.91 Å². The predicted molar refractivity (Wildman–Crippen MR) is 99.9 cm³/mol. The number of pyridine rings is 1. The monoisotopic (exact) mass is 377 g/mol. The molecular weight excluding hydrogens is 362 g/mol. The maximum Gasteiger partial charge on any atom is 0.281 e. The Bertz CT molecular complexity index is 1020. The molecule has 1 aliphatic rings. The van der Waals surface area contributed by atoms with E-state index in [4.69, 9.17) is 5.26 Å². The lowest BCUT2D eigenvalue weighted by Gasteiger charge is -2.17. The van der Waals surface area contributed by atoms with E-state index >= 15 is 0 Å². The number of hydrogen-bond donors (Lipinski definition) is 1. The van der Waals surface area contributed by atoms with Gasteiger partial charge in [0.15, 0.2) is 5.01 Å². The van der Waals surface area contributed by atoms with Crippen LogP contribution in [0.25, 0.3) is 10.3 Å². The molecule has 4 rings (SSSR count). The number of nitrogens with one attached hydrogen (secondary N) is 1. The summed E-state index contributed by atoms with van der Waals surface area (Å²) >= 11 is 1.21. The summed E-state index contributed by atoms with van der Waals surface area (Å²) in [5.74, 6) is -0.455. The van der Waals surface area contributed by atoms with Gasteiger partial charge in [0.05, 0.1) is 11.6 Å². The fourth-order valence-electron chi connectivity index (χ4n) is 3.02. The smallest absolute Gasteiger partial charge is 0.281 e. The van der Waals surface area contributed by atoms with E-state index in [1.807, 2.05) is 12.1 Å². The average molecular weight is 377 g/mol. The first kappa shape index (κ1) is 17.1. The summed E-state index contributed by atoms with van der Waals surface area (Å²) in [5, 5.41) is 11.9. The van der Waals surface area contributed by atoms with Crippen molar-refractivity contribution in [3.8, 4) is 6.07 Å². The van der Waals surface area contributed by atoms with Gasteiger partial charge in [0.25, 0.3) is 5.91 Å². The van der Waals surface area contributed by atoms with Gasteiger partial charge in [0, 0.05) is 19.3 Å². The highest BCUT2D eigenvalue weighted by Gasteiger charge is 2.33. The Balaban J connectivity index is 1.40. The van der Waals surface area contributed by atoms with E-state index in [1.54, 1.807) is 35.4 Å². The topological polar surface area (TPSA) is 99.0 Å². The van der Waals surface area contributed by atoms with Crippen molar-refractivity contribution in [3.05, 3.63) is 58.7 Å². The number of fused-ring (bicyclic) bond motifs is 1. The number of carbonyl (C=O) groups is 2. The molecule has 1 N–H and O–H groups in total. The van der Waals surface area contributed by atoms with Crippen molar-refractivity contribution in [1.29, 1.82) is 5.26 Å². The quantitative estimate of drug-likeness (QED) is 0.751. The molecule has 1 atom stereocenters. The van der Waals surface area contributed by atoms with Crippen LogP contribution in [0.2, 0.25) is 0 Å². The third-order valence-corrected chi connectivity index (χ3v) is 5.40. The molecule has 0 unspecified atom stereocenters. The van der Waals surface area contributed by atoms with Gasteiger partial charge in [-0.05, 0) is 36.2 Å². The highest BCUT2D eigenvalue weighted by atomic mass is 32.1. The predicted octanol–water partition coefficient (Wildman–Crippen LogP) is 2.09. The Morgan fingerprint density at radius 2 is 2.15 bits per heavy atom. The van der Waals surface area contributed by atoms with E-state index in [0.29, 0.717) is 40.4 Å². The summed E-state index contributed by atoms with van der Waals surface area (Å²) in [7, 11) is 0. The number of rotatable bonds is 4. The zero-order valence-corrected chi connectivity index (χ0v) is 15.1. The van der Waals surface area contributed by atoms with Gasteiger partial charge in [-0.3, -0.25) is 9.59 Å². The van der Waals surface area contributed by atoms with E-state index in [9.17, 15) is 9.59 Å². The number of nitrogens with zero attached hydrogens (tertiary/aromatic N) is 4. The molecule has 0 spiro atoms. The lowest BCUT2D eigenvalue weighted by atomic mass is 10.1. The fourth-order valence-corrected chi connectivity index (χ4v) is 3.83. The minimum Gasteiger partial charge on any atom is -0.338 e. The van der Waals surface area contributed by atoms with E-state index < -0.39 is 6.04 Å². The maximum atomic E-state index is 12.6. The van der Waals surface area contributed by atoms with Crippen molar-refractivity contribution in [2.24, 2.45) is 0 Å². The molecule has 0 radical (unpaired) electrons. The van der Waals surface area contributed by atoms with Crippen LogP contribution in [-0.2, 0) is 11.3 Å². The van der Waals surface area contributed by atoms with E-state index in [0.717, 1.165) is 5.56 Å². The molecule has 0 aliphatic carbocycles. The molecule has 2 amide bonds. The normalized spacial score (nSPS) is 16.5. The van der Waals surface area contributed by atoms with Crippen LogP contribution in [0, 0.1) is 11.3 Å². The first-order valence-electron chi connectivity index (χ1n) is 8.44. The van der Waals surface area contributed by atoms with Crippen molar-refractivity contribution in [2.45, 2.75) is 19.0 Å². The zero-order valence-electron chi connectivity index (χ0n) is 14.3. The minimum atomic E-state index is -0.546. The standard InChI is InChI=1S/C19H15N5O2S/c20-10-12-3-5-13(6-4-12)11-24-9-7-15(19(24)26)22-16(25)18-23-14-2-1-8-21-17(14)27-18/h1-6,8,15H,7,9,11H2,(H,22,25)/t15-/m0/s1. The van der Waals surface area contributed by atoms with Crippen molar-refractivity contribution in [2.75, 3.05) is 6.54 Å². The SMILES string of the molecule is N#Cc1ccc(CN2CC[C@H](NC(=O)c3nc4cccnc4s3)C2=O)cc1. The van der Waals surface area contributed by atoms with E-state index in [-0.39, 0.29) is 11.8 Å². The number of thiazole rings is 1. The van der Waals surface area contributed by atoms with Gasteiger partial charge < -0.3 is 10.2 Å². The number of aromatic nitrogens is 2. The van der Waals surface area contributed by atoms with Crippen LogP contribution >= 0.6 is 11.3 Å². The third-order valence-electron chi connectivity index (χ3n) is 4.42. The molecule has 8 heteroatoms. The highest BCUT2D eigenvalue weighted by molar-refractivity contribution is 7.19. The fraction of sp³-hybridized carbons (Fsp3) is 0.211. The van der Waals surface area contributed by atoms with Crippen molar-refractivity contribution >= 4 is 33.5 Å². The molecule has 1 fully saturated rings. The molecule has 134 valence electrons. The van der Waals surface area contributed by atoms with Crippen molar-refractivity contribution in [1.82, 2.24) is 20.2 Å². The van der Waals surface area contributed by atoms with Crippen molar-refractivity contribution < 1.29 is 9.59 Å². The molecule has 3 aromatic rings. The van der Waals surface area contributed by atoms with Crippen LogP contribution < -0.4 is 5.32 Å². The Labute approximate surface area is 159 Å². The summed E-state index contributed by atoms with van der Waals surface area (Å²) in [6, 6.07) is 12.2. The molecule has 0 bridgehead atoms. The molecular formula is C19H15N5O2S. The summed E-state index contributed by atoms with van der Waals surface area (Å²) in [4.78, 5) is 35.9. The Morgan fingerprint density at radius 3 is 2.89 bits per heavy atom. The van der Waals surface area contributed by atoms with E-state index in [1.165, 1.54) is 11.3 Å². The van der Waals surface area contributed by atoms with Crippen LogP contribution in [0.1, 0.15) is 27.3 Å². The summed E-state index contributed by atoms with van der Waals surface area (Å²) < 4.78 is 0. The van der Waals surface area contributed by atoms with Crippen LogP contribution in [0.3, 0.4) is 0 Å². The molecule has 7 nitrogen and oxygen atoms in total. The molecule has 1 aliphatic heterocycles. The first-order valence-corrected chi connectivity index (χ1v) is 9.26. The number of benzene rings is 1. The van der Waals surface area contributed by atoms with Gasteiger partial charge in [-0.15, -0.1) is 0 Å². The average Bonchev–Trinajstić information content (AvgIpc) is 3.27. The molecule has 0 saturated carbocycles. The number of carbonyl (C=O) groups excluding carboxylic acids is 2. The third kappa shape index (κ3) is 3.50. The number of amides is 2. The Hall–Kier alpha value is -3.31. The Kier molecular flexibility index (Phi) is 4.52. The maximum absolute atomic E-state index is 12.6. The molecule has 2 aromatic heterocycles. The highest BCUT2D eigenvalue weighted by Crippen LogP contribution is 2.20. The Morgan fingerprint density at radius 1 is 1.33 bits per heavy atom. The molecule has 1 aromatic carbocycles. The molecule has 1 saturated heterocycles. The zero-order chi connectivity index (χ0) is 18.8. The molecule has 3 heterocycles. The first-order chi connectivity index (χ1) is 13.1. The lowest BCUT2D eigenvalue weighted by Crippen LogP contribution is -2.41.